The lowest BCUT2D eigenvalue weighted by Crippen LogP contribution is -2.03. The highest BCUT2D eigenvalue weighted by Crippen LogP contribution is 2.30. The second-order valence-corrected chi connectivity index (χ2v) is 2.44. The molecule has 0 unspecified atom stereocenters. The number of halogens is 3. The van der Waals surface area contributed by atoms with Crippen molar-refractivity contribution in [3.05, 3.63) is 27.7 Å². The molecule has 1 rings (SSSR count). The fourth-order valence-corrected chi connectivity index (χ4v) is 0.924. The Kier molecular flexibility index (Phi) is 3.08. The van der Waals surface area contributed by atoms with Gasteiger partial charge in [0.05, 0.1) is 7.11 Å². The fraction of sp³-hybridized carbons (Fsp3) is 0.286. The van der Waals surface area contributed by atoms with E-state index in [1.807, 2.05) is 0 Å². The number of pyridine rings is 1. The second-order valence-electron chi connectivity index (χ2n) is 2.44. The highest BCUT2D eigenvalue weighted by atomic mass is 19.3. The number of hydrogen-bond acceptors (Lipinski definition) is 4. The van der Waals surface area contributed by atoms with E-state index in [1.54, 1.807) is 0 Å². The Morgan fingerprint density at radius 2 is 2.20 bits per heavy atom. The number of rotatable bonds is 3. The number of hydrogen-bond donors (Lipinski definition) is 0. The molecular formula is C7H5F3N2O3. The summed E-state index contributed by atoms with van der Waals surface area (Å²) in [7, 11) is 1.04. The highest BCUT2D eigenvalue weighted by Gasteiger charge is 2.28. The van der Waals surface area contributed by atoms with Gasteiger partial charge in [-0.25, -0.2) is 8.78 Å². The molecule has 15 heavy (non-hydrogen) atoms. The van der Waals surface area contributed by atoms with Crippen LogP contribution in [0.4, 0.5) is 19.0 Å². The summed E-state index contributed by atoms with van der Waals surface area (Å²) in [5.74, 6) is -3.08. The molecule has 0 aliphatic heterocycles. The van der Waals surface area contributed by atoms with Crippen molar-refractivity contribution in [1.82, 2.24) is 4.98 Å². The predicted octanol–water partition coefficient (Wildman–Crippen LogP) is 2.08. The first-order valence-corrected chi connectivity index (χ1v) is 3.64. The number of alkyl halides is 2. The van der Waals surface area contributed by atoms with Crippen LogP contribution in [0.15, 0.2) is 6.07 Å². The number of ether oxygens (including phenoxy) is 1. The van der Waals surface area contributed by atoms with Crippen LogP contribution in [-0.2, 0) is 0 Å². The molecule has 82 valence electrons. The van der Waals surface area contributed by atoms with E-state index in [4.69, 9.17) is 0 Å². The van der Waals surface area contributed by atoms with Gasteiger partial charge in [0.2, 0.25) is 5.82 Å². The van der Waals surface area contributed by atoms with Gasteiger partial charge in [0.1, 0.15) is 0 Å². The summed E-state index contributed by atoms with van der Waals surface area (Å²) in [4.78, 5) is 11.9. The number of nitro groups is 1. The Balaban J connectivity index is 3.37. The van der Waals surface area contributed by atoms with Crippen molar-refractivity contribution in [2.24, 2.45) is 0 Å². The minimum atomic E-state index is -3.07. The molecule has 0 fully saturated rings. The summed E-state index contributed by atoms with van der Waals surface area (Å²) in [5.41, 5.74) is -0.953. The van der Waals surface area contributed by atoms with Gasteiger partial charge in [0.25, 0.3) is 5.69 Å². The van der Waals surface area contributed by atoms with Crippen molar-refractivity contribution in [2.75, 3.05) is 7.11 Å². The molecule has 1 heterocycles. The van der Waals surface area contributed by atoms with Gasteiger partial charge in [-0.15, -0.1) is 0 Å². The molecule has 0 aliphatic rings. The SMILES string of the molecule is COc1cc(F)c([N+](=O)[O-])nc1C(F)F. The highest BCUT2D eigenvalue weighted by molar-refractivity contribution is 5.36. The maximum Gasteiger partial charge on any atom is 0.400 e. The third kappa shape index (κ3) is 2.14. The van der Waals surface area contributed by atoms with Gasteiger partial charge in [-0.05, 0) is 9.91 Å². The van der Waals surface area contributed by atoms with E-state index in [2.05, 4.69) is 9.72 Å². The summed E-state index contributed by atoms with van der Waals surface area (Å²) < 4.78 is 41.9. The van der Waals surface area contributed by atoms with Gasteiger partial charge in [-0.3, -0.25) is 0 Å². The molecule has 0 aliphatic carbocycles. The van der Waals surface area contributed by atoms with Crippen LogP contribution < -0.4 is 4.74 Å². The lowest BCUT2D eigenvalue weighted by molar-refractivity contribution is -0.392. The molecule has 0 saturated heterocycles. The maximum absolute atomic E-state index is 12.9. The zero-order chi connectivity index (χ0) is 11.6. The molecule has 0 aromatic carbocycles. The predicted molar refractivity (Wildman–Crippen MR) is 42.4 cm³/mol. The van der Waals surface area contributed by atoms with Crippen molar-refractivity contribution in [2.45, 2.75) is 6.43 Å². The molecule has 0 atom stereocenters. The van der Waals surface area contributed by atoms with E-state index in [0.717, 1.165) is 7.11 Å². The van der Waals surface area contributed by atoms with E-state index < -0.39 is 34.4 Å². The maximum atomic E-state index is 12.9. The van der Waals surface area contributed by atoms with Gasteiger partial charge in [-0.1, -0.05) is 0 Å². The Morgan fingerprint density at radius 3 is 2.60 bits per heavy atom. The monoisotopic (exact) mass is 222 g/mol. The van der Waals surface area contributed by atoms with Crippen LogP contribution in [0.5, 0.6) is 5.75 Å². The van der Waals surface area contributed by atoms with E-state index in [-0.39, 0.29) is 0 Å². The van der Waals surface area contributed by atoms with E-state index in [1.165, 1.54) is 0 Å². The normalized spacial score (nSPS) is 10.5. The zero-order valence-corrected chi connectivity index (χ0v) is 7.41. The quantitative estimate of drug-likeness (QED) is 0.580. The summed E-state index contributed by atoms with van der Waals surface area (Å²) in [6.07, 6.45) is -3.07. The summed E-state index contributed by atoms with van der Waals surface area (Å²) in [6, 6.07) is 0.507. The molecule has 1 aromatic rings. The molecule has 1 aromatic heterocycles. The summed E-state index contributed by atoms with van der Waals surface area (Å²) in [5, 5.41) is 10.2. The Bertz CT molecular complexity index is 397. The van der Waals surface area contributed by atoms with Gasteiger partial charge >= 0.3 is 12.2 Å². The Labute approximate surface area is 81.6 Å². The van der Waals surface area contributed by atoms with Gasteiger partial charge < -0.3 is 14.9 Å². The van der Waals surface area contributed by atoms with Crippen LogP contribution in [0.3, 0.4) is 0 Å². The van der Waals surface area contributed by atoms with Crippen LogP contribution in [0.2, 0.25) is 0 Å². The minimum absolute atomic E-state index is 0.507. The Morgan fingerprint density at radius 1 is 1.60 bits per heavy atom. The second kappa shape index (κ2) is 4.11. The van der Waals surface area contributed by atoms with Crippen LogP contribution in [0, 0.1) is 15.9 Å². The molecule has 0 bridgehead atoms. The minimum Gasteiger partial charge on any atom is -0.492 e. The van der Waals surface area contributed by atoms with E-state index in [0.29, 0.717) is 6.07 Å². The van der Waals surface area contributed by atoms with Crippen LogP contribution in [-0.4, -0.2) is 17.0 Å². The summed E-state index contributed by atoms with van der Waals surface area (Å²) in [6.45, 7) is 0. The smallest absolute Gasteiger partial charge is 0.400 e. The molecule has 0 amide bonds. The standard InChI is InChI=1S/C7H5F3N2O3/c1-15-4-2-3(8)7(12(13)14)11-5(4)6(9)10/h2,6H,1H3. The number of methoxy groups -OCH3 is 1. The van der Waals surface area contributed by atoms with Gasteiger partial charge in [0.15, 0.2) is 5.75 Å². The third-order valence-corrected chi connectivity index (χ3v) is 1.55. The van der Waals surface area contributed by atoms with E-state index in [9.17, 15) is 23.3 Å². The molecule has 0 radical (unpaired) electrons. The van der Waals surface area contributed by atoms with Crippen LogP contribution >= 0.6 is 0 Å². The first-order chi connectivity index (χ1) is 6.97. The number of nitrogens with zero attached hydrogens (tertiary/aromatic N) is 2. The van der Waals surface area contributed by atoms with Crippen molar-refractivity contribution < 1.29 is 22.8 Å². The molecule has 0 spiro atoms. The average Bonchev–Trinajstić information content (AvgIpc) is 2.16. The zero-order valence-electron chi connectivity index (χ0n) is 7.41. The first-order valence-electron chi connectivity index (χ1n) is 3.64. The van der Waals surface area contributed by atoms with Crippen molar-refractivity contribution in [3.8, 4) is 5.75 Å². The average molecular weight is 222 g/mol. The largest absolute Gasteiger partial charge is 0.492 e. The molecular weight excluding hydrogens is 217 g/mol. The lowest BCUT2D eigenvalue weighted by Gasteiger charge is -2.03. The van der Waals surface area contributed by atoms with Crippen LogP contribution in [0.25, 0.3) is 0 Å². The summed E-state index contributed by atoms with van der Waals surface area (Å²) >= 11 is 0. The van der Waals surface area contributed by atoms with Crippen molar-refractivity contribution >= 4 is 5.82 Å². The van der Waals surface area contributed by atoms with Crippen molar-refractivity contribution in [1.29, 1.82) is 0 Å². The Hall–Kier alpha value is -1.86. The van der Waals surface area contributed by atoms with Crippen LogP contribution in [0.1, 0.15) is 12.1 Å². The van der Waals surface area contributed by atoms with Gasteiger partial charge in [-0.2, -0.15) is 4.39 Å². The fourth-order valence-electron chi connectivity index (χ4n) is 0.924. The third-order valence-electron chi connectivity index (χ3n) is 1.55. The first kappa shape index (κ1) is 11.2. The molecule has 8 heteroatoms. The molecule has 0 N–H and O–H groups in total. The van der Waals surface area contributed by atoms with E-state index >= 15 is 0 Å². The van der Waals surface area contributed by atoms with Gasteiger partial charge in [0, 0.05) is 6.07 Å². The number of aromatic nitrogens is 1. The lowest BCUT2D eigenvalue weighted by atomic mass is 10.3. The van der Waals surface area contributed by atoms with Crippen molar-refractivity contribution in [3.63, 3.8) is 0 Å². The molecule has 0 saturated carbocycles. The molecule has 5 nitrogen and oxygen atoms in total. The topological polar surface area (TPSA) is 65.3 Å².